The van der Waals surface area contributed by atoms with E-state index >= 15 is 0 Å². The third-order valence-corrected chi connectivity index (χ3v) is 2.02. The van der Waals surface area contributed by atoms with Gasteiger partial charge in [0.15, 0.2) is 0 Å². The first-order valence-electron chi connectivity index (χ1n) is 5.12. The van der Waals surface area contributed by atoms with Crippen molar-refractivity contribution in [3.05, 3.63) is 35.1 Å². The zero-order chi connectivity index (χ0) is 11.8. The maximum absolute atomic E-state index is 12.9. The van der Waals surface area contributed by atoms with Gasteiger partial charge in [0.25, 0.3) is 0 Å². The summed E-state index contributed by atoms with van der Waals surface area (Å²) < 4.78 is 23.3. The summed E-state index contributed by atoms with van der Waals surface area (Å²) in [5.74, 6) is -0.359. The van der Waals surface area contributed by atoms with Crippen molar-refractivity contribution in [3.8, 4) is 6.07 Å². The molecule has 0 N–H and O–H groups in total. The Bertz CT molecular complexity index is 374. The van der Waals surface area contributed by atoms with E-state index in [1.807, 2.05) is 13.0 Å². The monoisotopic (exact) mass is 223 g/mol. The molecule has 0 amide bonds. The van der Waals surface area contributed by atoms with E-state index in [0.29, 0.717) is 30.9 Å². The van der Waals surface area contributed by atoms with E-state index in [9.17, 15) is 4.39 Å². The van der Waals surface area contributed by atoms with Gasteiger partial charge < -0.3 is 9.47 Å². The average Bonchev–Trinajstić information content (AvgIpc) is 2.29. The zero-order valence-electron chi connectivity index (χ0n) is 9.20. The van der Waals surface area contributed by atoms with Gasteiger partial charge in [-0.05, 0) is 30.7 Å². The molecular formula is C12H14FNO2. The van der Waals surface area contributed by atoms with E-state index in [4.69, 9.17) is 14.7 Å². The fourth-order valence-electron chi connectivity index (χ4n) is 1.24. The van der Waals surface area contributed by atoms with E-state index in [1.54, 1.807) is 0 Å². The lowest BCUT2D eigenvalue weighted by molar-refractivity contribution is 0.0451. The second-order valence-electron chi connectivity index (χ2n) is 3.16. The smallest absolute Gasteiger partial charge is 0.123 e. The highest BCUT2D eigenvalue weighted by molar-refractivity contribution is 5.37. The van der Waals surface area contributed by atoms with Gasteiger partial charge in [-0.25, -0.2) is 4.39 Å². The maximum Gasteiger partial charge on any atom is 0.123 e. The second-order valence-corrected chi connectivity index (χ2v) is 3.16. The minimum Gasteiger partial charge on any atom is -0.379 e. The molecule has 0 heterocycles. The summed E-state index contributed by atoms with van der Waals surface area (Å²) >= 11 is 0. The minimum atomic E-state index is -0.359. The molecule has 1 aromatic rings. The van der Waals surface area contributed by atoms with Gasteiger partial charge in [0.1, 0.15) is 5.82 Å². The lowest BCUT2D eigenvalue weighted by Gasteiger charge is -2.06. The third-order valence-electron chi connectivity index (χ3n) is 2.02. The van der Waals surface area contributed by atoms with Crippen LogP contribution in [0.1, 0.15) is 18.1 Å². The van der Waals surface area contributed by atoms with Crippen molar-refractivity contribution in [1.29, 1.82) is 5.26 Å². The van der Waals surface area contributed by atoms with E-state index in [0.717, 1.165) is 0 Å². The molecule has 0 saturated heterocycles. The number of nitrogens with zero attached hydrogens (tertiary/aromatic N) is 1. The molecule has 0 aromatic heterocycles. The third kappa shape index (κ3) is 3.97. The van der Waals surface area contributed by atoms with Crippen LogP contribution in [0.4, 0.5) is 4.39 Å². The molecule has 0 unspecified atom stereocenters. The highest BCUT2D eigenvalue weighted by Gasteiger charge is 2.03. The molecule has 0 bridgehead atoms. The summed E-state index contributed by atoms with van der Waals surface area (Å²) in [6.45, 7) is 3.73. The number of halogens is 1. The Labute approximate surface area is 94.4 Å². The van der Waals surface area contributed by atoms with Crippen LogP contribution in [-0.2, 0) is 16.1 Å². The lowest BCUT2D eigenvalue weighted by atomic mass is 10.1. The Balaban J connectivity index is 2.46. The SMILES string of the molecule is CCOCCOCc1cc(F)ccc1C#N. The normalized spacial score (nSPS) is 10.1. The first kappa shape index (κ1) is 12.6. The molecule has 1 rings (SSSR count). The first-order valence-corrected chi connectivity index (χ1v) is 5.12. The molecule has 3 nitrogen and oxygen atoms in total. The van der Waals surface area contributed by atoms with E-state index in [2.05, 4.69) is 0 Å². The summed E-state index contributed by atoms with van der Waals surface area (Å²) in [5, 5.41) is 8.80. The molecule has 0 aliphatic rings. The average molecular weight is 223 g/mol. The van der Waals surface area contributed by atoms with Gasteiger partial charge in [0, 0.05) is 6.61 Å². The fraction of sp³-hybridized carbons (Fsp3) is 0.417. The van der Waals surface area contributed by atoms with Gasteiger partial charge in [-0.3, -0.25) is 0 Å². The summed E-state index contributed by atoms with van der Waals surface area (Å²) in [6.07, 6.45) is 0. The van der Waals surface area contributed by atoms with E-state index in [1.165, 1.54) is 18.2 Å². The molecule has 16 heavy (non-hydrogen) atoms. The molecule has 0 aliphatic heterocycles. The topological polar surface area (TPSA) is 42.2 Å². The van der Waals surface area contributed by atoms with Crippen LogP contribution in [0.25, 0.3) is 0 Å². The van der Waals surface area contributed by atoms with Crippen LogP contribution in [0.3, 0.4) is 0 Å². The van der Waals surface area contributed by atoms with Crippen LogP contribution in [0.2, 0.25) is 0 Å². The summed E-state index contributed by atoms with van der Waals surface area (Å²) in [7, 11) is 0. The van der Waals surface area contributed by atoms with Gasteiger partial charge in [-0.15, -0.1) is 0 Å². The number of hydrogen-bond acceptors (Lipinski definition) is 3. The Morgan fingerprint density at radius 3 is 2.75 bits per heavy atom. The largest absolute Gasteiger partial charge is 0.379 e. The minimum absolute atomic E-state index is 0.230. The predicted molar refractivity (Wildman–Crippen MR) is 57.3 cm³/mol. The van der Waals surface area contributed by atoms with E-state index in [-0.39, 0.29) is 12.4 Å². The molecular weight excluding hydrogens is 209 g/mol. The fourth-order valence-corrected chi connectivity index (χ4v) is 1.24. The van der Waals surface area contributed by atoms with Crippen LogP contribution < -0.4 is 0 Å². The number of rotatable bonds is 6. The predicted octanol–water partition coefficient (Wildman–Crippen LogP) is 2.25. The second kappa shape index (κ2) is 6.94. The van der Waals surface area contributed by atoms with Gasteiger partial charge in [0.05, 0.1) is 31.5 Å². The summed E-state index contributed by atoms with van der Waals surface area (Å²) in [5.41, 5.74) is 1.01. The standard InChI is InChI=1S/C12H14FNO2/c1-2-15-5-6-16-9-11-7-12(13)4-3-10(11)8-14/h3-4,7H,2,5-6,9H2,1H3. The van der Waals surface area contributed by atoms with Crippen LogP contribution >= 0.6 is 0 Å². The molecule has 0 aliphatic carbocycles. The number of nitriles is 1. The Kier molecular flexibility index (Phi) is 5.48. The number of benzene rings is 1. The van der Waals surface area contributed by atoms with Crippen molar-refractivity contribution in [3.63, 3.8) is 0 Å². The van der Waals surface area contributed by atoms with Crippen LogP contribution in [-0.4, -0.2) is 19.8 Å². The molecule has 0 fully saturated rings. The van der Waals surface area contributed by atoms with Crippen molar-refractivity contribution in [2.24, 2.45) is 0 Å². The quantitative estimate of drug-likeness (QED) is 0.694. The van der Waals surface area contributed by atoms with Gasteiger partial charge in [0.2, 0.25) is 0 Å². The van der Waals surface area contributed by atoms with Gasteiger partial charge in [-0.2, -0.15) is 5.26 Å². The zero-order valence-corrected chi connectivity index (χ0v) is 9.20. The van der Waals surface area contributed by atoms with Crippen LogP contribution in [0.15, 0.2) is 18.2 Å². The van der Waals surface area contributed by atoms with Crippen LogP contribution in [0.5, 0.6) is 0 Å². The Morgan fingerprint density at radius 1 is 1.31 bits per heavy atom. The summed E-state index contributed by atoms with van der Waals surface area (Å²) in [4.78, 5) is 0. The Morgan fingerprint density at radius 2 is 2.06 bits per heavy atom. The number of hydrogen-bond donors (Lipinski definition) is 0. The molecule has 0 atom stereocenters. The Hall–Kier alpha value is -1.44. The number of ether oxygens (including phenoxy) is 2. The maximum atomic E-state index is 12.9. The van der Waals surface area contributed by atoms with Crippen molar-refractivity contribution >= 4 is 0 Å². The molecule has 0 spiro atoms. The van der Waals surface area contributed by atoms with Crippen molar-refractivity contribution in [2.45, 2.75) is 13.5 Å². The molecule has 4 heteroatoms. The summed E-state index contributed by atoms with van der Waals surface area (Å²) in [6, 6.07) is 6.04. The van der Waals surface area contributed by atoms with Crippen LogP contribution in [0, 0.1) is 17.1 Å². The van der Waals surface area contributed by atoms with Gasteiger partial charge >= 0.3 is 0 Å². The van der Waals surface area contributed by atoms with Gasteiger partial charge in [-0.1, -0.05) is 0 Å². The molecule has 0 saturated carbocycles. The molecule has 0 radical (unpaired) electrons. The first-order chi connectivity index (χ1) is 7.77. The van der Waals surface area contributed by atoms with Crippen molar-refractivity contribution in [2.75, 3.05) is 19.8 Å². The lowest BCUT2D eigenvalue weighted by Crippen LogP contribution is -2.05. The van der Waals surface area contributed by atoms with E-state index < -0.39 is 0 Å². The highest BCUT2D eigenvalue weighted by Crippen LogP contribution is 2.11. The molecule has 86 valence electrons. The molecule has 1 aromatic carbocycles. The van der Waals surface area contributed by atoms with Crippen molar-refractivity contribution in [1.82, 2.24) is 0 Å². The highest BCUT2D eigenvalue weighted by atomic mass is 19.1. The van der Waals surface area contributed by atoms with Crippen molar-refractivity contribution < 1.29 is 13.9 Å².